The predicted molar refractivity (Wildman–Crippen MR) is 74.7 cm³/mol. The summed E-state index contributed by atoms with van der Waals surface area (Å²) >= 11 is 0. The summed E-state index contributed by atoms with van der Waals surface area (Å²) in [7, 11) is 0. The molecule has 1 N–H and O–H groups in total. The van der Waals surface area contributed by atoms with Gasteiger partial charge in [0.2, 0.25) is 11.8 Å². The van der Waals surface area contributed by atoms with E-state index in [1.54, 1.807) is 17.2 Å². The fourth-order valence-corrected chi connectivity index (χ4v) is 2.31. The number of nitrogens with zero attached hydrogens (tertiary/aromatic N) is 1. The lowest BCUT2D eigenvalue weighted by molar-refractivity contribution is -0.129. The zero-order chi connectivity index (χ0) is 14.5. The van der Waals surface area contributed by atoms with Crippen molar-refractivity contribution in [2.75, 3.05) is 13.1 Å². The molecule has 0 aliphatic carbocycles. The molecular formula is C15H22N2O3. The molecular weight excluding hydrogens is 256 g/mol. The summed E-state index contributed by atoms with van der Waals surface area (Å²) < 4.78 is 5.16. The van der Waals surface area contributed by atoms with Crippen LogP contribution in [0.25, 0.3) is 0 Å². The van der Waals surface area contributed by atoms with Crippen LogP contribution in [0, 0.1) is 11.8 Å². The lowest BCUT2D eigenvalue weighted by Gasteiger charge is -2.17. The molecule has 0 radical (unpaired) electrons. The van der Waals surface area contributed by atoms with Gasteiger partial charge in [0.25, 0.3) is 0 Å². The summed E-state index contributed by atoms with van der Waals surface area (Å²) in [5.41, 5.74) is 0. The molecule has 1 atom stereocenters. The van der Waals surface area contributed by atoms with Gasteiger partial charge in [-0.3, -0.25) is 9.59 Å². The average Bonchev–Trinajstić information content (AvgIpc) is 3.03. The Morgan fingerprint density at radius 1 is 1.55 bits per heavy atom. The van der Waals surface area contributed by atoms with Crippen LogP contribution in [-0.2, 0) is 16.1 Å². The Morgan fingerprint density at radius 3 is 3.00 bits per heavy atom. The molecule has 1 fully saturated rings. The molecule has 2 amide bonds. The zero-order valence-electron chi connectivity index (χ0n) is 12.1. The first kappa shape index (κ1) is 14.6. The Morgan fingerprint density at radius 2 is 2.35 bits per heavy atom. The van der Waals surface area contributed by atoms with Crippen LogP contribution in [0.1, 0.15) is 32.4 Å². The number of likely N-dealkylation sites (tertiary alicyclic amines) is 1. The quantitative estimate of drug-likeness (QED) is 0.863. The number of nitrogens with one attached hydrogen (secondary N) is 1. The van der Waals surface area contributed by atoms with E-state index in [-0.39, 0.29) is 17.7 Å². The maximum atomic E-state index is 12.0. The molecule has 1 aliphatic rings. The largest absolute Gasteiger partial charge is 0.467 e. The first-order valence-electron chi connectivity index (χ1n) is 7.14. The number of hydrogen-bond acceptors (Lipinski definition) is 3. The van der Waals surface area contributed by atoms with Gasteiger partial charge in [-0.1, -0.05) is 13.8 Å². The molecule has 2 heterocycles. The third-order valence-corrected chi connectivity index (χ3v) is 3.58. The van der Waals surface area contributed by atoms with Crippen molar-refractivity contribution in [1.82, 2.24) is 10.2 Å². The normalized spacial score (nSPS) is 18.9. The molecule has 0 saturated carbocycles. The van der Waals surface area contributed by atoms with E-state index in [0.717, 1.165) is 18.7 Å². The molecule has 0 bridgehead atoms. The van der Waals surface area contributed by atoms with Crippen LogP contribution >= 0.6 is 0 Å². The van der Waals surface area contributed by atoms with E-state index in [1.165, 1.54) is 0 Å². The van der Waals surface area contributed by atoms with Crippen LogP contribution < -0.4 is 5.32 Å². The number of carbonyl (C=O) groups excluding carboxylic acids is 2. The van der Waals surface area contributed by atoms with Gasteiger partial charge in [0.15, 0.2) is 0 Å². The molecule has 5 heteroatoms. The van der Waals surface area contributed by atoms with Crippen LogP contribution in [-0.4, -0.2) is 29.8 Å². The standard InChI is InChI=1S/C15H22N2O3/c1-11(2)5-6-17-10-12(8-14(17)18)15(19)16-9-13-4-3-7-20-13/h3-4,7,11-12H,5-6,8-10H2,1-2H3,(H,16,19). The van der Waals surface area contributed by atoms with E-state index in [1.807, 2.05) is 6.07 Å². The van der Waals surface area contributed by atoms with E-state index in [2.05, 4.69) is 19.2 Å². The van der Waals surface area contributed by atoms with Gasteiger partial charge in [0.1, 0.15) is 5.76 Å². The Bertz CT molecular complexity index is 454. The predicted octanol–water partition coefficient (Wildman–Crippen LogP) is 1.79. The molecule has 5 nitrogen and oxygen atoms in total. The number of rotatable bonds is 6. The lowest BCUT2D eigenvalue weighted by atomic mass is 10.1. The monoisotopic (exact) mass is 278 g/mol. The second kappa shape index (κ2) is 6.59. The van der Waals surface area contributed by atoms with Crippen LogP contribution in [0.15, 0.2) is 22.8 Å². The summed E-state index contributed by atoms with van der Waals surface area (Å²) in [5.74, 6) is 1.07. The topological polar surface area (TPSA) is 62.6 Å². The average molecular weight is 278 g/mol. The van der Waals surface area contributed by atoms with Crippen molar-refractivity contribution in [3.8, 4) is 0 Å². The van der Waals surface area contributed by atoms with Crippen molar-refractivity contribution in [3.63, 3.8) is 0 Å². The van der Waals surface area contributed by atoms with Gasteiger partial charge in [0, 0.05) is 19.5 Å². The lowest BCUT2D eigenvalue weighted by Crippen LogP contribution is -2.33. The molecule has 0 aromatic carbocycles. The smallest absolute Gasteiger partial charge is 0.225 e. The number of hydrogen-bond donors (Lipinski definition) is 1. The van der Waals surface area contributed by atoms with Crippen LogP contribution in [0.3, 0.4) is 0 Å². The first-order chi connectivity index (χ1) is 9.56. The highest BCUT2D eigenvalue weighted by Gasteiger charge is 2.33. The van der Waals surface area contributed by atoms with Crippen LogP contribution in [0.2, 0.25) is 0 Å². The molecule has 2 rings (SSSR count). The highest BCUT2D eigenvalue weighted by molar-refractivity contribution is 5.89. The van der Waals surface area contributed by atoms with E-state index in [0.29, 0.717) is 25.4 Å². The summed E-state index contributed by atoms with van der Waals surface area (Å²) in [6, 6.07) is 3.60. The second-order valence-electron chi connectivity index (χ2n) is 5.72. The highest BCUT2D eigenvalue weighted by atomic mass is 16.3. The van der Waals surface area contributed by atoms with Crippen LogP contribution in [0.4, 0.5) is 0 Å². The minimum Gasteiger partial charge on any atom is -0.467 e. The van der Waals surface area contributed by atoms with Crippen molar-refractivity contribution in [2.45, 2.75) is 33.2 Å². The van der Waals surface area contributed by atoms with Gasteiger partial charge in [-0.05, 0) is 24.5 Å². The van der Waals surface area contributed by atoms with Gasteiger partial charge < -0.3 is 14.6 Å². The molecule has 1 aromatic rings. The number of carbonyl (C=O) groups is 2. The van der Waals surface area contributed by atoms with Crippen molar-refractivity contribution in [2.24, 2.45) is 11.8 Å². The van der Waals surface area contributed by atoms with Gasteiger partial charge in [-0.15, -0.1) is 0 Å². The summed E-state index contributed by atoms with van der Waals surface area (Å²) in [4.78, 5) is 25.7. The number of furan rings is 1. The Labute approximate surface area is 119 Å². The van der Waals surface area contributed by atoms with Crippen LogP contribution in [0.5, 0.6) is 0 Å². The fourth-order valence-electron chi connectivity index (χ4n) is 2.31. The minimum atomic E-state index is -0.232. The van der Waals surface area contributed by atoms with E-state index >= 15 is 0 Å². The minimum absolute atomic E-state index is 0.0678. The van der Waals surface area contributed by atoms with Gasteiger partial charge in [0.05, 0.1) is 18.7 Å². The van der Waals surface area contributed by atoms with Crippen molar-refractivity contribution >= 4 is 11.8 Å². The number of amides is 2. The van der Waals surface area contributed by atoms with Crippen molar-refractivity contribution in [3.05, 3.63) is 24.2 Å². The fraction of sp³-hybridized carbons (Fsp3) is 0.600. The van der Waals surface area contributed by atoms with E-state index in [4.69, 9.17) is 4.42 Å². The zero-order valence-corrected chi connectivity index (χ0v) is 12.1. The summed E-state index contributed by atoms with van der Waals surface area (Å²) in [5, 5.41) is 2.82. The highest BCUT2D eigenvalue weighted by Crippen LogP contribution is 2.19. The molecule has 0 spiro atoms. The summed E-state index contributed by atoms with van der Waals surface area (Å²) in [6.45, 7) is 5.93. The maximum Gasteiger partial charge on any atom is 0.225 e. The Balaban J connectivity index is 1.78. The van der Waals surface area contributed by atoms with E-state index < -0.39 is 0 Å². The summed E-state index contributed by atoms with van der Waals surface area (Å²) in [6.07, 6.45) is 2.88. The van der Waals surface area contributed by atoms with E-state index in [9.17, 15) is 9.59 Å². The molecule has 110 valence electrons. The maximum absolute atomic E-state index is 12.0. The Kier molecular flexibility index (Phi) is 4.82. The third-order valence-electron chi connectivity index (χ3n) is 3.58. The first-order valence-corrected chi connectivity index (χ1v) is 7.14. The van der Waals surface area contributed by atoms with Gasteiger partial charge in [-0.2, -0.15) is 0 Å². The molecule has 20 heavy (non-hydrogen) atoms. The molecule has 1 aliphatic heterocycles. The van der Waals surface area contributed by atoms with Crippen molar-refractivity contribution in [1.29, 1.82) is 0 Å². The van der Waals surface area contributed by atoms with Gasteiger partial charge in [-0.25, -0.2) is 0 Å². The molecule has 1 unspecified atom stereocenters. The SMILES string of the molecule is CC(C)CCN1CC(C(=O)NCc2ccco2)CC1=O. The molecule has 1 saturated heterocycles. The van der Waals surface area contributed by atoms with Gasteiger partial charge >= 0.3 is 0 Å². The van der Waals surface area contributed by atoms with Crippen molar-refractivity contribution < 1.29 is 14.0 Å². The Hall–Kier alpha value is -1.78. The molecule has 1 aromatic heterocycles. The third kappa shape index (κ3) is 3.85. The second-order valence-corrected chi connectivity index (χ2v) is 5.72.